The van der Waals surface area contributed by atoms with Crippen molar-refractivity contribution in [3.63, 3.8) is 0 Å². The molecule has 20 heavy (non-hydrogen) atoms. The van der Waals surface area contributed by atoms with Crippen molar-refractivity contribution in [2.75, 3.05) is 6.61 Å². The molecule has 0 radical (unpaired) electrons. The van der Waals surface area contributed by atoms with Gasteiger partial charge in [-0.05, 0) is 32.4 Å². The largest absolute Gasteiger partial charge is 0.361 e. The summed E-state index contributed by atoms with van der Waals surface area (Å²) in [5.74, 6) is 0. The van der Waals surface area contributed by atoms with Gasteiger partial charge in [-0.2, -0.15) is 0 Å². The van der Waals surface area contributed by atoms with E-state index < -0.39 is 0 Å². The number of aryl methyl sites for hydroxylation is 2. The lowest BCUT2D eigenvalue weighted by atomic mass is 10.1. The SMILES string of the molecule is CCOCn1cnc2c(sc3nc(C)cc(C)c32)c1=O. The molecule has 6 heteroatoms. The molecular formula is C14H15N3O2S. The van der Waals surface area contributed by atoms with Gasteiger partial charge in [0.25, 0.3) is 5.56 Å². The topological polar surface area (TPSA) is 57.0 Å². The molecule has 3 heterocycles. The summed E-state index contributed by atoms with van der Waals surface area (Å²) in [5, 5.41) is 0.983. The molecule has 0 unspecified atom stereocenters. The summed E-state index contributed by atoms with van der Waals surface area (Å²) >= 11 is 1.40. The third-order valence-electron chi connectivity index (χ3n) is 3.18. The van der Waals surface area contributed by atoms with E-state index >= 15 is 0 Å². The molecule has 0 spiro atoms. The molecule has 3 aromatic heterocycles. The molecule has 3 aromatic rings. The molecule has 3 rings (SSSR count). The summed E-state index contributed by atoms with van der Waals surface area (Å²) in [6.45, 7) is 6.68. The molecule has 0 bridgehead atoms. The van der Waals surface area contributed by atoms with Crippen molar-refractivity contribution in [3.8, 4) is 0 Å². The fraction of sp³-hybridized carbons (Fsp3) is 0.357. The smallest absolute Gasteiger partial charge is 0.273 e. The number of nitrogens with zero attached hydrogens (tertiary/aromatic N) is 3. The van der Waals surface area contributed by atoms with Crippen LogP contribution in [0.4, 0.5) is 0 Å². The predicted molar refractivity (Wildman–Crippen MR) is 80.3 cm³/mol. The van der Waals surface area contributed by atoms with E-state index in [1.54, 1.807) is 6.33 Å². The number of hydrogen-bond donors (Lipinski definition) is 0. The van der Waals surface area contributed by atoms with Crippen molar-refractivity contribution in [1.82, 2.24) is 14.5 Å². The first kappa shape index (κ1) is 13.2. The molecule has 0 aliphatic carbocycles. The van der Waals surface area contributed by atoms with Crippen LogP contribution in [0.15, 0.2) is 17.2 Å². The van der Waals surface area contributed by atoms with Gasteiger partial charge in [-0.3, -0.25) is 9.36 Å². The van der Waals surface area contributed by atoms with Crippen molar-refractivity contribution >= 4 is 31.8 Å². The molecule has 0 atom stereocenters. The summed E-state index contributed by atoms with van der Waals surface area (Å²) in [6, 6.07) is 2.02. The van der Waals surface area contributed by atoms with E-state index in [0.29, 0.717) is 11.3 Å². The highest BCUT2D eigenvalue weighted by atomic mass is 32.1. The second kappa shape index (κ2) is 4.96. The number of thiophene rings is 1. The van der Waals surface area contributed by atoms with Crippen LogP contribution in [-0.4, -0.2) is 21.1 Å². The highest BCUT2D eigenvalue weighted by Gasteiger charge is 2.14. The lowest BCUT2D eigenvalue weighted by Gasteiger charge is -2.04. The van der Waals surface area contributed by atoms with Crippen LogP contribution in [0.1, 0.15) is 18.2 Å². The Bertz CT molecular complexity index is 851. The van der Waals surface area contributed by atoms with Crippen LogP contribution in [0.3, 0.4) is 0 Å². The zero-order valence-corrected chi connectivity index (χ0v) is 12.5. The van der Waals surface area contributed by atoms with Crippen molar-refractivity contribution in [3.05, 3.63) is 34.0 Å². The fourth-order valence-electron chi connectivity index (χ4n) is 2.28. The lowest BCUT2D eigenvalue weighted by Crippen LogP contribution is -2.21. The number of pyridine rings is 1. The first-order valence-electron chi connectivity index (χ1n) is 6.45. The first-order chi connectivity index (χ1) is 9.61. The van der Waals surface area contributed by atoms with Gasteiger partial charge in [-0.1, -0.05) is 0 Å². The van der Waals surface area contributed by atoms with Gasteiger partial charge >= 0.3 is 0 Å². The van der Waals surface area contributed by atoms with Gasteiger partial charge in [0, 0.05) is 17.7 Å². The van der Waals surface area contributed by atoms with Gasteiger partial charge < -0.3 is 4.74 Å². The highest BCUT2D eigenvalue weighted by molar-refractivity contribution is 7.25. The minimum atomic E-state index is -0.0662. The van der Waals surface area contributed by atoms with Crippen LogP contribution < -0.4 is 5.56 Å². The number of rotatable bonds is 3. The second-order valence-electron chi connectivity index (χ2n) is 4.68. The Morgan fingerprint density at radius 3 is 2.95 bits per heavy atom. The Morgan fingerprint density at radius 2 is 2.20 bits per heavy atom. The van der Waals surface area contributed by atoms with Gasteiger partial charge in [0.05, 0.1) is 5.52 Å². The Hall–Kier alpha value is -1.79. The molecule has 0 amide bonds. The van der Waals surface area contributed by atoms with Crippen LogP contribution in [-0.2, 0) is 11.5 Å². The van der Waals surface area contributed by atoms with Crippen molar-refractivity contribution in [1.29, 1.82) is 0 Å². The van der Waals surface area contributed by atoms with Gasteiger partial charge in [0.15, 0.2) is 0 Å². The molecule has 5 nitrogen and oxygen atoms in total. The Balaban J connectivity index is 2.31. The van der Waals surface area contributed by atoms with Crippen molar-refractivity contribution < 1.29 is 4.74 Å². The van der Waals surface area contributed by atoms with Gasteiger partial charge in [0.2, 0.25) is 0 Å². The summed E-state index contributed by atoms with van der Waals surface area (Å²) in [7, 11) is 0. The minimum absolute atomic E-state index is 0.0662. The average molecular weight is 289 g/mol. The van der Waals surface area contributed by atoms with E-state index in [1.165, 1.54) is 15.9 Å². The molecule has 0 fully saturated rings. The van der Waals surface area contributed by atoms with Crippen molar-refractivity contribution in [2.24, 2.45) is 0 Å². The summed E-state index contributed by atoms with van der Waals surface area (Å²) < 4.78 is 7.41. The van der Waals surface area contributed by atoms with Gasteiger partial charge in [-0.15, -0.1) is 11.3 Å². The Morgan fingerprint density at radius 1 is 1.40 bits per heavy atom. The van der Waals surface area contributed by atoms with E-state index in [9.17, 15) is 4.79 Å². The van der Waals surface area contributed by atoms with Crippen LogP contribution in [0.2, 0.25) is 0 Å². The van der Waals surface area contributed by atoms with Gasteiger partial charge in [-0.25, -0.2) is 9.97 Å². The zero-order valence-electron chi connectivity index (χ0n) is 11.6. The van der Waals surface area contributed by atoms with Crippen molar-refractivity contribution in [2.45, 2.75) is 27.5 Å². The highest BCUT2D eigenvalue weighted by Crippen LogP contribution is 2.31. The molecular weight excluding hydrogens is 274 g/mol. The first-order valence-corrected chi connectivity index (χ1v) is 7.27. The van der Waals surface area contributed by atoms with Crippen LogP contribution in [0.5, 0.6) is 0 Å². The van der Waals surface area contributed by atoms with E-state index in [2.05, 4.69) is 9.97 Å². The second-order valence-corrected chi connectivity index (χ2v) is 5.68. The van der Waals surface area contributed by atoms with E-state index in [0.717, 1.165) is 27.0 Å². The number of fused-ring (bicyclic) bond motifs is 3. The lowest BCUT2D eigenvalue weighted by molar-refractivity contribution is 0.0851. The maximum atomic E-state index is 12.4. The third-order valence-corrected chi connectivity index (χ3v) is 4.24. The van der Waals surface area contributed by atoms with E-state index in [1.807, 2.05) is 26.8 Å². The Labute approximate surface area is 119 Å². The number of aromatic nitrogens is 3. The van der Waals surface area contributed by atoms with Crippen LogP contribution in [0.25, 0.3) is 20.4 Å². The summed E-state index contributed by atoms with van der Waals surface area (Å²) in [6.07, 6.45) is 1.55. The number of hydrogen-bond acceptors (Lipinski definition) is 5. The normalized spacial score (nSPS) is 11.6. The molecule has 0 aliphatic heterocycles. The fourth-order valence-corrected chi connectivity index (χ4v) is 3.48. The molecule has 0 saturated heterocycles. The van der Waals surface area contributed by atoms with Gasteiger partial charge in [0.1, 0.15) is 22.6 Å². The third kappa shape index (κ3) is 2.01. The molecule has 0 N–H and O–H groups in total. The standard InChI is InChI=1S/C14H15N3O2S/c1-4-19-7-17-6-15-11-10-8(2)5-9(3)16-13(10)20-12(11)14(17)18/h5-6H,4,7H2,1-3H3. The minimum Gasteiger partial charge on any atom is -0.361 e. The summed E-state index contributed by atoms with van der Waals surface area (Å²) in [4.78, 5) is 22.2. The Kier molecular flexibility index (Phi) is 3.27. The maximum absolute atomic E-state index is 12.4. The maximum Gasteiger partial charge on any atom is 0.273 e. The molecule has 104 valence electrons. The monoisotopic (exact) mass is 289 g/mol. The van der Waals surface area contributed by atoms with E-state index in [4.69, 9.17) is 4.74 Å². The average Bonchev–Trinajstić information content (AvgIpc) is 2.77. The quantitative estimate of drug-likeness (QED) is 0.743. The van der Waals surface area contributed by atoms with E-state index in [-0.39, 0.29) is 12.3 Å². The molecule has 0 saturated carbocycles. The summed E-state index contributed by atoms with van der Waals surface area (Å²) in [5.41, 5.74) is 2.74. The molecule has 0 aliphatic rings. The predicted octanol–water partition coefficient (Wildman–Crippen LogP) is 2.62. The van der Waals surface area contributed by atoms with Crippen LogP contribution in [0, 0.1) is 13.8 Å². The zero-order chi connectivity index (χ0) is 14.3. The number of ether oxygens (including phenoxy) is 1. The molecule has 0 aromatic carbocycles. The van der Waals surface area contributed by atoms with Crippen LogP contribution >= 0.6 is 11.3 Å².